The van der Waals surface area contributed by atoms with Gasteiger partial charge in [0.2, 0.25) is 0 Å². The Balaban J connectivity index is 2.69. The SMILES string of the molecule is C#CCP(=O)(CC#C)SC1CCS(=O)(=O)C1. The van der Waals surface area contributed by atoms with Gasteiger partial charge in [0, 0.05) is 5.25 Å². The first-order chi connectivity index (χ1) is 7.41. The average molecular weight is 276 g/mol. The van der Waals surface area contributed by atoms with Crippen LogP contribution in [-0.2, 0) is 14.4 Å². The lowest BCUT2D eigenvalue weighted by Gasteiger charge is -2.15. The minimum absolute atomic E-state index is 0.0940. The number of rotatable bonds is 4. The van der Waals surface area contributed by atoms with Crippen molar-refractivity contribution < 1.29 is 13.0 Å². The fraction of sp³-hybridized carbons (Fsp3) is 0.600. The highest BCUT2D eigenvalue weighted by atomic mass is 32.7. The van der Waals surface area contributed by atoms with Crippen LogP contribution in [0.5, 0.6) is 0 Å². The van der Waals surface area contributed by atoms with Crippen molar-refractivity contribution in [1.82, 2.24) is 0 Å². The maximum absolute atomic E-state index is 12.3. The summed E-state index contributed by atoms with van der Waals surface area (Å²) in [6.07, 6.45) is 8.48. The van der Waals surface area contributed by atoms with E-state index in [1.807, 2.05) is 0 Å². The summed E-state index contributed by atoms with van der Waals surface area (Å²) >= 11 is 1.20. The predicted molar refractivity (Wildman–Crippen MR) is 69.7 cm³/mol. The van der Waals surface area contributed by atoms with Gasteiger partial charge in [-0.3, -0.25) is 0 Å². The highest BCUT2D eigenvalue weighted by Crippen LogP contribution is 2.60. The minimum Gasteiger partial charge on any atom is -0.310 e. The molecule has 0 aromatic heterocycles. The van der Waals surface area contributed by atoms with Crippen LogP contribution in [0.15, 0.2) is 0 Å². The van der Waals surface area contributed by atoms with E-state index in [-0.39, 0.29) is 29.1 Å². The lowest BCUT2D eigenvalue weighted by molar-refractivity contribution is 0.588. The number of hydrogen-bond acceptors (Lipinski definition) is 4. The Hall–Kier alpha value is -0.350. The van der Waals surface area contributed by atoms with Gasteiger partial charge < -0.3 is 4.57 Å². The van der Waals surface area contributed by atoms with Crippen LogP contribution in [0.4, 0.5) is 0 Å². The van der Waals surface area contributed by atoms with Gasteiger partial charge in [-0.1, -0.05) is 23.2 Å². The van der Waals surface area contributed by atoms with E-state index in [0.717, 1.165) is 0 Å². The molecule has 0 amide bonds. The molecule has 1 saturated heterocycles. The molecule has 1 atom stereocenters. The molecule has 1 aliphatic heterocycles. The summed E-state index contributed by atoms with van der Waals surface area (Å²) in [5.74, 6) is 4.99. The van der Waals surface area contributed by atoms with Gasteiger partial charge in [-0.05, 0) is 6.42 Å². The Kier molecular flexibility index (Phi) is 4.56. The molecule has 1 aliphatic rings. The minimum atomic E-state index is -2.94. The maximum atomic E-state index is 12.3. The molecule has 88 valence electrons. The molecule has 1 heterocycles. The molecular weight excluding hydrogens is 263 g/mol. The third-order valence-corrected chi connectivity index (χ3v) is 9.41. The lowest BCUT2D eigenvalue weighted by atomic mass is 10.4. The summed E-state index contributed by atoms with van der Waals surface area (Å²) in [5.41, 5.74) is 0. The summed E-state index contributed by atoms with van der Waals surface area (Å²) < 4.78 is 34.8. The van der Waals surface area contributed by atoms with Crippen LogP contribution in [0.3, 0.4) is 0 Å². The molecule has 0 bridgehead atoms. The van der Waals surface area contributed by atoms with Crippen LogP contribution in [0.2, 0.25) is 0 Å². The van der Waals surface area contributed by atoms with E-state index in [0.29, 0.717) is 6.42 Å². The largest absolute Gasteiger partial charge is 0.310 e. The van der Waals surface area contributed by atoms with Crippen LogP contribution in [0, 0.1) is 24.7 Å². The van der Waals surface area contributed by atoms with Crippen LogP contribution in [0.1, 0.15) is 6.42 Å². The van der Waals surface area contributed by atoms with E-state index in [2.05, 4.69) is 11.8 Å². The molecule has 1 fully saturated rings. The van der Waals surface area contributed by atoms with Crippen molar-refractivity contribution in [2.45, 2.75) is 11.7 Å². The smallest absolute Gasteiger partial charge is 0.162 e. The molecule has 3 nitrogen and oxygen atoms in total. The molecule has 16 heavy (non-hydrogen) atoms. The van der Waals surface area contributed by atoms with Crippen molar-refractivity contribution >= 4 is 27.6 Å². The molecule has 6 heteroatoms. The fourth-order valence-corrected chi connectivity index (χ4v) is 9.05. The topological polar surface area (TPSA) is 51.2 Å². The Labute approximate surface area is 101 Å². The predicted octanol–water partition coefficient (Wildman–Crippen LogP) is 1.45. The molecular formula is C10H13O3PS2. The second-order valence-corrected chi connectivity index (χ2v) is 11.7. The van der Waals surface area contributed by atoms with Crippen molar-refractivity contribution in [3.05, 3.63) is 0 Å². The number of sulfone groups is 1. The van der Waals surface area contributed by atoms with Crippen LogP contribution in [-0.4, -0.2) is 37.5 Å². The van der Waals surface area contributed by atoms with Gasteiger partial charge in [-0.15, -0.1) is 12.8 Å². The van der Waals surface area contributed by atoms with Crippen molar-refractivity contribution in [3.8, 4) is 24.7 Å². The van der Waals surface area contributed by atoms with Crippen molar-refractivity contribution in [3.63, 3.8) is 0 Å². The Morgan fingerprint density at radius 2 is 1.88 bits per heavy atom. The van der Waals surface area contributed by atoms with E-state index in [9.17, 15) is 13.0 Å². The standard InChI is InChI=1S/C10H13O3PS2/c1-3-6-14(11,7-4-2)15-10-5-8-16(12,13)9-10/h1-2,10H,5-9H2. The van der Waals surface area contributed by atoms with Crippen LogP contribution < -0.4 is 0 Å². The maximum Gasteiger partial charge on any atom is 0.162 e. The van der Waals surface area contributed by atoms with Gasteiger partial charge in [0.1, 0.15) is 0 Å². The van der Waals surface area contributed by atoms with Gasteiger partial charge >= 0.3 is 0 Å². The van der Waals surface area contributed by atoms with Gasteiger partial charge in [0.15, 0.2) is 16.2 Å². The fourth-order valence-electron chi connectivity index (χ4n) is 1.52. The monoisotopic (exact) mass is 276 g/mol. The number of terminal acetylenes is 2. The average Bonchev–Trinajstić information content (AvgIpc) is 2.45. The molecule has 0 aromatic rings. The van der Waals surface area contributed by atoms with E-state index in [1.165, 1.54) is 11.4 Å². The first kappa shape index (κ1) is 13.7. The van der Waals surface area contributed by atoms with Gasteiger partial charge in [-0.2, -0.15) is 0 Å². The Morgan fingerprint density at radius 1 is 1.31 bits per heavy atom. The van der Waals surface area contributed by atoms with E-state index < -0.39 is 16.2 Å². The van der Waals surface area contributed by atoms with E-state index in [1.54, 1.807) is 0 Å². The molecule has 0 radical (unpaired) electrons. The zero-order valence-electron chi connectivity index (χ0n) is 8.76. The molecule has 1 unspecified atom stereocenters. The second-order valence-electron chi connectivity index (χ2n) is 3.67. The molecule has 0 N–H and O–H groups in total. The normalized spacial score (nSPS) is 23.5. The summed E-state index contributed by atoms with van der Waals surface area (Å²) in [5, 5.41) is -0.113. The van der Waals surface area contributed by atoms with Gasteiger partial charge in [0.25, 0.3) is 0 Å². The quantitative estimate of drug-likeness (QED) is 0.576. The van der Waals surface area contributed by atoms with Crippen molar-refractivity contribution in [2.75, 3.05) is 23.8 Å². The molecule has 0 aromatic carbocycles. The van der Waals surface area contributed by atoms with E-state index in [4.69, 9.17) is 12.8 Å². The third-order valence-electron chi connectivity index (χ3n) is 2.20. The summed E-state index contributed by atoms with van der Waals surface area (Å²) in [6, 6.07) is 0. The summed E-state index contributed by atoms with van der Waals surface area (Å²) in [7, 11) is -2.94. The van der Waals surface area contributed by atoms with Gasteiger partial charge in [-0.25, -0.2) is 8.42 Å². The van der Waals surface area contributed by atoms with Crippen LogP contribution in [0.25, 0.3) is 0 Å². The Morgan fingerprint density at radius 3 is 2.25 bits per heavy atom. The summed E-state index contributed by atoms with van der Waals surface area (Å²) in [4.78, 5) is 0. The molecule has 0 aliphatic carbocycles. The van der Waals surface area contributed by atoms with Crippen molar-refractivity contribution in [2.24, 2.45) is 0 Å². The zero-order valence-corrected chi connectivity index (χ0v) is 11.3. The summed E-state index contributed by atoms with van der Waals surface area (Å²) in [6.45, 7) is 0. The first-order valence-corrected chi connectivity index (χ1v) is 10.1. The highest BCUT2D eigenvalue weighted by molar-refractivity contribution is 8.58. The van der Waals surface area contributed by atoms with E-state index >= 15 is 0 Å². The first-order valence-electron chi connectivity index (χ1n) is 4.74. The zero-order chi connectivity index (χ0) is 12.2. The second kappa shape index (κ2) is 5.32. The number of hydrogen-bond donors (Lipinski definition) is 0. The lowest BCUT2D eigenvalue weighted by Crippen LogP contribution is -2.07. The van der Waals surface area contributed by atoms with Gasteiger partial charge in [0.05, 0.1) is 23.8 Å². The molecule has 0 saturated carbocycles. The Bertz CT molecular complexity index is 461. The van der Waals surface area contributed by atoms with Crippen molar-refractivity contribution in [1.29, 1.82) is 0 Å². The van der Waals surface area contributed by atoms with Crippen LogP contribution >= 0.6 is 17.7 Å². The molecule has 0 spiro atoms. The third kappa shape index (κ3) is 3.91. The highest BCUT2D eigenvalue weighted by Gasteiger charge is 2.34. The molecule has 1 rings (SSSR count).